The third-order valence-corrected chi connectivity index (χ3v) is 5.41. The Labute approximate surface area is 141 Å². The maximum Gasteiger partial charge on any atom is 0.126 e. The average Bonchev–Trinajstić information content (AvgIpc) is 2.48. The third-order valence-electron chi connectivity index (χ3n) is 2.99. The van der Waals surface area contributed by atoms with Crippen molar-refractivity contribution in [3.63, 3.8) is 0 Å². The number of hydrazine groups is 1. The van der Waals surface area contributed by atoms with Crippen LogP contribution in [0.15, 0.2) is 51.8 Å². The predicted molar refractivity (Wildman–Crippen MR) is 91.1 cm³/mol. The summed E-state index contributed by atoms with van der Waals surface area (Å²) < 4.78 is 14.8. The second kappa shape index (κ2) is 8.15. The van der Waals surface area contributed by atoms with Crippen LogP contribution in [0.2, 0.25) is 5.02 Å². The highest BCUT2D eigenvalue weighted by atomic mass is 79.9. The van der Waals surface area contributed by atoms with Crippen LogP contribution in [0.5, 0.6) is 0 Å². The van der Waals surface area contributed by atoms with Crippen molar-refractivity contribution in [1.29, 1.82) is 0 Å². The maximum atomic E-state index is 13.8. The van der Waals surface area contributed by atoms with Gasteiger partial charge in [0.2, 0.25) is 0 Å². The van der Waals surface area contributed by atoms with Gasteiger partial charge >= 0.3 is 0 Å². The minimum absolute atomic E-state index is 0.0462. The summed E-state index contributed by atoms with van der Waals surface area (Å²) in [4.78, 5) is 1.13. The molecule has 0 aliphatic rings. The van der Waals surface area contributed by atoms with Crippen LogP contribution in [0.4, 0.5) is 4.39 Å². The van der Waals surface area contributed by atoms with Gasteiger partial charge in [0.25, 0.3) is 0 Å². The van der Waals surface area contributed by atoms with Gasteiger partial charge in [-0.15, -0.1) is 11.8 Å². The van der Waals surface area contributed by atoms with E-state index in [1.165, 1.54) is 6.07 Å². The Morgan fingerprint density at radius 1 is 1.29 bits per heavy atom. The van der Waals surface area contributed by atoms with Crippen molar-refractivity contribution in [1.82, 2.24) is 5.43 Å². The molecule has 3 N–H and O–H groups in total. The first kappa shape index (κ1) is 16.8. The van der Waals surface area contributed by atoms with Crippen LogP contribution in [-0.2, 0) is 6.42 Å². The highest BCUT2D eigenvalue weighted by Gasteiger charge is 2.13. The van der Waals surface area contributed by atoms with Crippen LogP contribution in [0.1, 0.15) is 5.56 Å². The Kier molecular flexibility index (Phi) is 6.51. The van der Waals surface area contributed by atoms with Crippen molar-refractivity contribution in [2.75, 3.05) is 5.75 Å². The lowest BCUT2D eigenvalue weighted by Gasteiger charge is -2.16. The van der Waals surface area contributed by atoms with E-state index in [9.17, 15) is 4.39 Å². The van der Waals surface area contributed by atoms with Crippen LogP contribution < -0.4 is 11.3 Å². The summed E-state index contributed by atoms with van der Waals surface area (Å²) >= 11 is 11.1. The van der Waals surface area contributed by atoms with Gasteiger partial charge in [-0.25, -0.2) is 4.39 Å². The molecule has 0 aromatic heterocycles. The van der Waals surface area contributed by atoms with Crippen LogP contribution >= 0.6 is 39.3 Å². The monoisotopic (exact) mass is 388 g/mol. The Morgan fingerprint density at radius 3 is 2.76 bits per heavy atom. The fourth-order valence-electron chi connectivity index (χ4n) is 1.88. The van der Waals surface area contributed by atoms with E-state index in [0.29, 0.717) is 17.0 Å². The molecule has 1 atom stereocenters. The van der Waals surface area contributed by atoms with Crippen LogP contribution in [0.3, 0.4) is 0 Å². The summed E-state index contributed by atoms with van der Waals surface area (Å²) in [7, 11) is 0. The van der Waals surface area contributed by atoms with E-state index in [4.69, 9.17) is 17.4 Å². The Bertz CT molecular complexity index is 612. The van der Waals surface area contributed by atoms with Crippen LogP contribution in [-0.4, -0.2) is 11.8 Å². The number of hydrogen-bond acceptors (Lipinski definition) is 3. The molecular weight excluding hydrogens is 375 g/mol. The molecule has 0 aliphatic heterocycles. The topological polar surface area (TPSA) is 38.0 Å². The number of halogens is 3. The molecule has 2 aromatic carbocycles. The molecule has 0 fully saturated rings. The van der Waals surface area contributed by atoms with Crippen molar-refractivity contribution in [2.45, 2.75) is 17.4 Å². The van der Waals surface area contributed by atoms with Gasteiger partial charge in [0.1, 0.15) is 5.82 Å². The molecule has 0 radical (unpaired) electrons. The number of benzene rings is 2. The molecule has 0 saturated heterocycles. The summed E-state index contributed by atoms with van der Waals surface area (Å²) in [6.45, 7) is 0. The van der Waals surface area contributed by atoms with Crippen molar-refractivity contribution in [3.8, 4) is 0 Å². The maximum absolute atomic E-state index is 13.8. The molecule has 1 unspecified atom stereocenters. The second-order valence-corrected chi connectivity index (χ2v) is 6.90. The quantitative estimate of drug-likeness (QED) is 0.437. The van der Waals surface area contributed by atoms with Gasteiger partial charge in [-0.05, 0) is 58.2 Å². The van der Waals surface area contributed by atoms with Crippen molar-refractivity contribution in [2.24, 2.45) is 5.84 Å². The zero-order valence-electron chi connectivity index (χ0n) is 11.2. The average molecular weight is 390 g/mol. The lowest BCUT2D eigenvalue weighted by Crippen LogP contribution is -2.38. The largest absolute Gasteiger partial charge is 0.271 e. The molecule has 0 aliphatic carbocycles. The molecular formula is C15H15BrClFN2S. The zero-order valence-corrected chi connectivity index (χ0v) is 14.3. The Hall–Kier alpha value is -0.590. The van der Waals surface area contributed by atoms with Gasteiger partial charge in [-0.1, -0.05) is 23.7 Å². The molecule has 0 bridgehead atoms. The molecule has 0 spiro atoms. The second-order valence-electron chi connectivity index (χ2n) is 4.54. The predicted octanol–water partition coefficient (Wildman–Crippen LogP) is 4.41. The lowest BCUT2D eigenvalue weighted by molar-refractivity contribution is 0.546. The van der Waals surface area contributed by atoms with Gasteiger partial charge in [-0.2, -0.15) is 0 Å². The van der Waals surface area contributed by atoms with Gasteiger partial charge in [-0.3, -0.25) is 11.3 Å². The first-order valence-corrected chi connectivity index (χ1v) is 8.53. The van der Waals surface area contributed by atoms with Gasteiger partial charge < -0.3 is 0 Å². The molecule has 6 heteroatoms. The number of nitrogens with two attached hydrogens (primary N) is 1. The van der Waals surface area contributed by atoms with Crippen molar-refractivity contribution >= 4 is 39.3 Å². The minimum Gasteiger partial charge on any atom is -0.271 e. The van der Waals surface area contributed by atoms with E-state index in [0.717, 1.165) is 15.1 Å². The molecule has 2 nitrogen and oxygen atoms in total. The molecule has 0 amide bonds. The van der Waals surface area contributed by atoms with Crippen molar-refractivity contribution < 1.29 is 4.39 Å². The number of nitrogens with one attached hydrogen (secondary N) is 1. The van der Waals surface area contributed by atoms with E-state index >= 15 is 0 Å². The number of rotatable bonds is 6. The van der Waals surface area contributed by atoms with E-state index in [-0.39, 0.29) is 11.9 Å². The zero-order chi connectivity index (χ0) is 15.2. The molecule has 0 heterocycles. The molecule has 21 heavy (non-hydrogen) atoms. The first-order valence-electron chi connectivity index (χ1n) is 6.37. The fraction of sp³-hybridized carbons (Fsp3) is 0.200. The Balaban J connectivity index is 2.00. The molecule has 112 valence electrons. The molecule has 2 rings (SSSR count). The smallest absolute Gasteiger partial charge is 0.126 e. The standard InChI is InChI=1S/C15H15BrClFN2S/c16-13-3-1-2-4-15(13)21-9-12(20-19)8-10-7-11(17)5-6-14(10)18/h1-7,12,20H,8-9,19H2. The lowest BCUT2D eigenvalue weighted by atomic mass is 10.1. The van der Waals surface area contributed by atoms with E-state index < -0.39 is 0 Å². The highest BCUT2D eigenvalue weighted by Crippen LogP contribution is 2.28. The van der Waals surface area contributed by atoms with Crippen LogP contribution in [0.25, 0.3) is 0 Å². The summed E-state index contributed by atoms with van der Waals surface area (Å²) in [5, 5.41) is 0.528. The van der Waals surface area contributed by atoms with E-state index in [1.807, 2.05) is 24.3 Å². The van der Waals surface area contributed by atoms with Gasteiger partial charge in [0.15, 0.2) is 0 Å². The van der Waals surface area contributed by atoms with E-state index in [2.05, 4.69) is 21.4 Å². The number of hydrogen-bond donors (Lipinski definition) is 2. The van der Waals surface area contributed by atoms with Crippen LogP contribution in [0, 0.1) is 5.82 Å². The normalized spacial score (nSPS) is 12.4. The van der Waals surface area contributed by atoms with E-state index in [1.54, 1.807) is 23.9 Å². The highest BCUT2D eigenvalue weighted by molar-refractivity contribution is 9.10. The summed E-state index contributed by atoms with van der Waals surface area (Å²) in [5.41, 5.74) is 3.31. The number of thioether (sulfide) groups is 1. The molecule has 0 saturated carbocycles. The summed E-state index contributed by atoms with van der Waals surface area (Å²) in [6.07, 6.45) is 0.486. The van der Waals surface area contributed by atoms with Crippen molar-refractivity contribution in [3.05, 3.63) is 63.3 Å². The first-order chi connectivity index (χ1) is 10.1. The minimum atomic E-state index is -0.259. The Morgan fingerprint density at radius 2 is 2.05 bits per heavy atom. The van der Waals surface area contributed by atoms with Gasteiger partial charge in [0.05, 0.1) is 0 Å². The summed E-state index contributed by atoms with van der Waals surface area (Å²) in [5.74, 6) is 6.05. The SMILES string of the molecule is NNC(CSc1ccccc1Br)Cc1cc(Cl)ccc1F. The fourth-order valence-corrected chi connectivity index (χ4v) is 3.68. The van der Waals surface area contributed by atoms with Gasteiger partial charge in [0, 0.05) is 26.2 Å². The molecule has 2 aromatic rings. The summed E-state index contributed by atoms with van der Waals surface area (Å²) in [6, 6.07) is 12.5. The third kappa shape index (κ3) is 4.97.